The summed E-state index contributed by atoms with van der Waals surface area (Å²) in [5.41, 5.74) is 2.96. The van der Waals surface area contributed by atoms with Crippen molar-refractivity contribution >= 4 is 28.4 Å². The molecule has 0 spiro atoms. The summed E-state index contributed by atoms with van der Waals surface area (Å²) in [5.74, 6) is 0.443. The van der Waals surface area contributed by atoms with Gasteiger partial charge < -0.3 is 20.4 Å². The summed E-state index contributed by atoms with van der Waals surface area (Å²) in [6.45, 7) is 0.832. The molecule has 0 saturated carbocycles. The first-order valence-electron chi connectivity index (χ1n) is 9.49. The maximum atomic E-state index is 12.1. The molecule has 3 aromatic rings. The van der Waals surface area contributed by atoms with Gasteiger partial charge in [-0.05, 0) is 49.4 Å². The zero-order valence-corrected chi connectivity index (χ0v) is 16.7. The summed E-state index contributed by atoms with van der Waals surface area (Å²) in [5, 5.41) is 6.89. The number of hydrogen-bond acceptors (Lipinski definition) is 4. The molecule has 0 aliphatic rings. The minimum absolute atomic E-state index is 0.107. The first-order valence-corrected chi connectivity index (χ1v) is 9.49. The summed E-state index contributed by atoms with van der Waals surface area (Å²) in [6.07, 6.45) is 2.73. The van der Waals surface area contributed by atoms with Crippen LogP contribution in [-0.4, -0.2) is 55.5 Å². The Morgan fingerprint density at radius 1 is 1.03 bits per heavy atom. The standard InChI is InChI=1S/C22H26N4O3/c1-26(15-22(28)25-17-7-9-18(29-2)10-8-17)14-21(27)23-12-11-16-13-24-20-6-4-3-5-19(16)20/h3-10,13,24H,11-12,14-15H2,1-2H3,(H,23,27)(H,25,28). The molecule has 0 fully saturated rings. The lowest BCUT2D eigenvalue weighted by Gasteiger charge is -2.16. The Labute approximate surface area is 170 Å². The highest BCUT2D eigenvalue weighted by molar-refractivity contribution is 5.92. The van der Waals surface area contributed by atoms with Gasteiger partial charge in [-0.25, -0.2) is 0 Å². The number of hydrogen-bond donors (Lipinski definition) is 3. The van der Waals surface area contributed by atoms with E-state index in [4.69, 9.17) is 4.74 Å². The number of likely N-dealkylation sites (N-methyl/N-ethyl adjacent to an activating group) is 1. The number of nitrogens with one attached hydrogen (secondary N) is 3. The summed E-state index contributed by atoms with van der Waals surface area (Å²) in [7, 11) is 3.33. The topological polar surface area (TPSA) is 86.5 Å². The molecule has 3 N–H and O–H groups in total. The fourth-order valence-corrected chi connectivity index (χ4v) is 3.15. The summed E-state index contributed by atoms with van der Waals surface area (Å²) < 4.78 is 5.09. The van der Waals surface area contributed by atoms with Gasteiger partial charge in [0.25, 0.3) is 0 Å². The molecule has 0 aliphatic carbocycles. The number of para-hydroxylation sites is 1. The lowest BCUT2D eigenvalue weighted by Crippen LogP contribution is -2.39. The highest BCUT2D eigenvalue weighted by Crippen LogP contribution is 2.17. The summed E-state index contributed by atoms with van der Waals surface area (Å²) >= 11 is 0. The fraction of sp³-hybridized carbons (Fsp3) is 0.273. The van der Waals surface area contributed by atoms with E-state index in [0.717, 1.165) is 17.7 Å². The number of nitrogens with zero attached hydrogens (tertiary/aromatic N) is 1. The highest BCUT2D eigenvalue weighted by Gasteiger charge is 2.11. The van der Waals surface area contributed by atoms with Gasteiger partial charge in [0, 0.05) is 29.3 Å². The van der Waals surface area contributed by atoms with Gasteiger partial charge in [0.15, 0.2) is 0 Å². The van der Waals surface area contributed by atoms with Gasteiger partial charge in [0.05, 0.1) is 20.2 Å². The molecule has 1 aromatic heterocycles. The SMILES string of the molecule is COc1ccc(NC(=O)CN(C)CC(=O)NCCc2c[nH]c3ccccc23)cc1. The average Bonchev–Trinajstić information content (AvgIpc) is 3.11. The molecule has 1 heterocycles. The minimum atomic E-state index is -0.177. The first kappa shape index (κ1) is 20.4. The molecule has 0 saturated heterocycles. The number of carbonyl (C=O) groups excluding carboxylic acids is 2. The lowest BCUT2D eigenvalue weighted by atomic mass is 10.1. The van der Waals surface area contributed by atoms with Crippen LogP contribution in [0.15, 0.2) is 54.7 Å². The molecule has 3 rings (SSSR count). The van der Waals surface area contributed by atoms with Gasteiger partial charge in [-0.2, -0.15) is 0 Å². The normalized spacial score (nSPS) is 10.9. The van der Waals surface area contributed by atoms with Crippen LogP contribution in [-0.2, 0) is 16.0 Å². The van der Waals surface area contributed by atoms with E-state index in [1.54, 1.807) is 43.3 Å². The van der Waals surface area contributed by atoms with E-state index in [9.17, 15) is 9.59 Å². The van der Waals surface area contributed by atoms with Gasteiger partial charge in [-0.15, -0.1) is 0 Å². The van der Waals surface area contributed by atoms with E-state index in [-0.39, 0.29) is 24.9 Å². The Morgan fingerprint density at radius 2 is 1.76 bits per heavy atom. The summed E-state index contributed by atoms with van der Waals surface area (Å²) in [6, 6.07) is 15.2. The van der Waals surface area contributed by atoms with Gasteiger partial charge in [-0.3, -0.25) is 14.5 Å². The fourth-order valence-electron chi connectivity index (χ4n) is 3.15. The predicted molar refractivity (Wildman–Crippen MR) is 114 cm³/mol. The van der Waals surface area contributed by atoms with Crippen molar-refractivity contribution in [3.05, 3.63) is 60.3 Å². The average molecular weight is 394 g/mol. The Morgan fingerprint density at radius 3 is 2.52 bits per heavy atom. The number of benzene rings is 2. The zero-order valence-electron chi connectivity index (χ0n) is 16.7. The number of aromatic nitrogens is 1. The molecule has 152 valence electrons. The van der Waals surface area contributed by atoms with Crippen LogP contribution in [0.3, 0.4) is 0 Å². The van der Waals surface area contributed by atoms with Gasteiger partial charge >= 0.3 is 0 Å². The molecular weight excluding hydrogens is 368 g/mol. The van der Waals surface area contributed by atoms with Crippen molar-refractivity contribution in [1.29, 1.82) is 0 Å². The van der Waals surface area contributed by atoms with Crippen LogP contribution in [0.25, 0.3) is 10.9 Å². The predicted octanol–water partition coefficient (Wildman–Crippen LogP) is 2.41. The molecule has 7 nitrogen and oxygen atoms in total. The second kappa shape index (κ2) is 9.75. The molecule has 0 bridgehead atoms. The van der Waals surface area contributed by atoms with Crippen molar-refractivity contribution in [2.45, 2.75) is 6.42 Å². The highest BCUT2D eigenvalue weighted by atomic mass is 16.5. The second-order valence-corrected chi connectivity index (χ2v) is 6.91. The number of rotatable bonds is 9. The van der Waals surface area contributed by atoms with Crippen LogP contribution in [0.4, 0.5) is 5.69 Å². The zero-order chi connectivity index (χ0) is 20.6. The Hall–Kier alpha value is -3.32. The van der Waals surface area contributed by atoms with Gasteiger partial charge in [0.2, 0.25) is 11.8 Å². The molecule has 2 aromatic carbocycles. The van der Waals surface area contributed by atoms with E-state index < -0.39 is 0 Å². The molecule has 2 amide bonds. The Kier molecular flexibility index (Phi) is 6.86. The molecular formula is C22H26N4O3. The van der Waals surface area contributed by atoms with Crippen LogP contribution in [0.2, 0.25) is 0 Å². The molecule has 29 heavy (non-hydrogen) atoms. The molecule has 0 radical (unpaired) electrons. The van der Waals surface area contributed by atoms with Crippen molar-refractivity contribution in [3.63, 3.8) is 0 Å². The third kappa shape index (κ3) is 5.83. The van der Waals surface area contributed by atoms with Crippen LogP contribution in [0, 0.1) is 0 Å². The number of anilines is 1. The molecule has 0 unspecified atom stereocenters. The Bertz CT molecular complexity index is 966. The number of ether oxygens (including phenoxy) is 1. The van der Waals surface area contributed by atoms with Gasteiger partial charge in [-0.1, -0.05) is 18.2 Å². The minimum Gasteiger partial charge on any atom is -0.497 e. The molecule has 0 atom stereocenters. The van der Waals surface area contributed by atoms with Gasteiger partial charge in [0.1, 0.15) is 5.75 Å². The van der Waals surface area contributed by atoms with Crippen molar-refractivity contribution in [2.24, 2.45) is 0 Å². The lowest BCUT2D eigenvalue weighted by molar-refractivity contribution is -0.122. The molecule has 7 heteroatoms. The van der Waals surface area contributed by atoms with Crippen molar-refractivity contribution < 1.29 is 14.3 Å². The number of aromatic amines is 1. The Balaban J connectivity index is 1.38. The quantitative estimate of drug-likeness (QED) is 0.520. The van der Waals surface area contributed by atoms with Crippen molar-refractivity contribution in [2.75, 3.05) is 39.1 Å². The molecule has 0 aliphatic heterocycles. The third-order valence-electron chi connectivity index (χ3n) is 4.59. The summed E-state index contributed by atoms with van der Waals surface area (Å²) in [4.78, 5) is 29.2. The van der Waals surface area contributed by atoms with E-state index in [0.29, 0.717) is 12.2 Å². The van der Waals surface area contributed by atoms with Crippen molar-refractivity contribution in [1.82, 2.24) is 15.2 Å². The number of amides is 2. The van der Waals surface area contributed by atoms with E-state index >= 15 is 0 Å². The van der Waals surface area contributed by atoms with Crippen LogP contribution >= 0.6 is 0 Å². The third-order valence-corrected chi connectivity index (χ3v) is 4.59. The van der Waals surface area contributed by atoms with Crippen LogP contribution in [0.5, 0.6) is 5.75 Å². The second-order valence-electron chi connectivity index (χ2n) is 6.91. The van der Waals surface area contributed by atoms with E-state index in [2.05, 4.69) is 21.7 Å². The number of fused-ring (bicyclic) bond motifs is 1. The number of H-pyrrole nitrogens is 1. The smallest absolute Gasteiger partial charge is 0.238 e. The van der Waals surface area contributed by atoms with E-state index in [1.807, 2.05) is 24.4 Å². The van der Waals surface area contributed by atoms with Crippen LogP contribution < -0.4 is 15.4 Å². The largest absolute Gasteiger partial charge is 0.497 e. The van der Waals surface area contributed by atoms with Crippen molar-refractivity contribution in [3.8, 4) is 5.75 Å². The van der Waals surface area contributed by atoms with E-state index in [1.165, 1.54) is 10.9 Å². The maximum absolute atomic E-state index is 12.1. The number of methoxy groups -OCH3 is 1. The maximum Gasteiger partial charge on any atom is 0.238 e. The monoisotopic (exact) mass is 394 g/mol. The van der Waals surface area contributed by atoms with Crippen LogP contribution in [0.1, 0.15) is 5.56 Å². The number of carbonyl (C=O) groups is 2. The first-order chi connectivity index (χ1) is 14.0.